The number of allylic oxidation sites excluding steroid dienone is 1. The summed E-state index contributed by atoms with van der Waals surface area (Å²) in [5, 5.41) is 0. The molecular weight excluding hydrogens is 572 g/mol. The van der Waals surface area contributed by atoms with E-state index in [0.29, 0.717) is 11.1 Å². The molecule has 11 heteroatoms. The zero-order valence-electron chi connectivity index (χ0n) is 22.2. The Balaban J connectivity index is 1.04. The van der Waals surface area contributed by atoms with Crippen LogP contribution in [0.5, 0.6) is 11.5 Å². The van der Waals surface area contributed by atoms with Gasteiger partial charge in [0, 0.05) is 5.56 Å². The molecule has 0 radical (unpaired) electrons. The fourth-order valence-electron chi connectivity index (χ4n) is 4.36. The van der Waals surface area contributed by atoms with Gasteiger partial charge in [0.25, 0.3) is 0 Å². The van der Waals surface area contributed by atoms with Crippen molar-refractivity contribution in [2.45, 2.75) is 0 Å². The van der Waals surface area contributed by atoms with Crippen LogP contribution in [-0.4, -0.2) is 41.6 Å². The second-order valence-electron chi connectivity index (χ2n) is 9.44. The van der Waals surface area contributed by atoms with Crippen molar-refractivity contribution in [1.82, 2.24) is 0 Å². The fraction of sp³-hybridized carbons (Fsp3) is 0. The van der Waals surface area contributed by atoms with Crippen molar-refractivity contribution in [3.05, 3.63) is 136 Å². The number of benzene rings is 4. The van der Waals surface area contributed by atoms with Crippen LogP contribution in [0.2, 0.25) is 0 Å². The lowest BCUT2D eigenvalue weighted by Crippen LogP contribution is -2.10. The molecule has 0 amide bonds. The van der Waals surface area contributed by atoms with Gasteiger partial charge in [0.1, 0.15) is 11.5 Å². The van der Waals surface area contributed by atoms with Crippen LogP contribution >= 0.6 is 0 Å². The number of carbonyl (C=O) groups excluding carboxylic acids is 7. The van der Waals surface area contributed by atoms with Gasteiger partial charge in [-0.3, -0.25) is 4.79 Å². The third-order valence-electron chi connectivity index (χ3n) is 6.63. The van der Waals surface area contributed by atoms with Crippen LogP contribution in [0.1, 0.15) is 78.1 Å². The molecule has 0 aliphatic carbocycles. The summed E-state index contributed by atoms with van der Waals surface area (Å²) in [6.45, 7) is 0. The van der Waals surface area contributed by atoms with E-state index in [2.05, 4.69) is 9.47 Å². The lowest BCUT2D eigenvalue weighted by Gasteiger charge is -2.06. The van der Waals surface area contributed by atoms with E-state index in [1.807, 2.05) is 0 Å². The number of carbonyl (C=O) groups is 7. The number of ketones is 1. The van der Waals surface area contributed by atoms with E-state index in [9.17, 15) is 33.6 Å². The topological polar surface area (TPSA) is 156 Å². The first-order valence-electron chi connectivity index (χ1n) is 12.8. The maximum atomic E-state index is 12.6. The monoisotopic (exact) mass is 588 g/mol. The van der Waals surface area contributed by atoms with Gasteiger partial charge in [0.05, 0.1) is 33.4 Å². The Labute approximate surface area is 247 Å². The summed E-state index contributed by atoms with van der Waals surface area (Å²) < 4.78 is 19.7. The van der Waals surface area contributed by atoms with Crippen LogP contribution in [0.4, 0.5) is 0 Å². The zero-order valence-corrected chi connectivity index (χ0v) is 22.2. The van der Waals surface area contributed by atoms with Gasteiger partial charge in [-0.15, -0.1) is 0 Å². The molecule has 4 aromatic rings. The van der Waals surface area contributed by atoms with Crippen molar-refractivity contribution in [2.75, 3.05) is 0 Å². The Bertz CT molecular complexity index is 1970. The van der Waals surface area contributed by atoms with Crippen LogP contribution < -0.4 is 9.47 Å². The minimum atomic E-state index is -0.836. The Kier molecular flexibility index (Phi) is 6.96. The number of fused-ring (bicyclic) bond motifs is 2. The van der Waals surface area contributed by atoms with E-state index in [1.165, 1.54) is 78.9 Å². The number of ether oxygens (including phenoxy) is 4. The van der Waals surface area contributed by atoms with Crippen LogP contribution in [0.25, 0.3) is 6.08 Å². The number of rotatable bonds is 7. The first kappa shape index (κ1) is 27.7. The van der Waals surface area contributed by atoms with Gasteiger partial charge in [-0.25, -0.2) is 28.8 Å². The predicted molar refractivity (Wildman–Crippen MR) is 149 cm³/mol. The average molecular weight is 588 g/mol. The smallest absolute Gasteiger partial charge is 0.346 e. The number of hydrogen-bond acceptors (Lipinski definition) is 11. The Morgan fingerprint density at radius 1 is 0.500 bits per heavy atom. The van der Waals surface area contributed by atoms with E-state index in [4.69, 9.17) is 9.47 Å². The molecule has 0 bridgehead atoms. The molecule has 44 heavy (non-hydrogen) atoms. The first-order valence-corrected chi connectivity index (χ1v) is 12.8. The molecule has 2 heterocycles. The SMILES string of the molecule is O=C(/C=C/c1ccc(OC(=O)c2ccc3c(c2)C(=O)OC3=O)cc1)c1ccc(OC(=O)c2ccc3c(c2)C(=O)OC3=O)cc1. The molecule has 2 aliphatic rings. The van der Waals surface area contributed by atoms with Gasteiger partial charge >= 0.3 is 35.8 Å². The standard InChI is InChI=1S/C33H16O11/c34-27(18-4-10-22(11-5-18)42-29(36)20-7-13-24-26(16-20)33(40)44-31(24)38)14-3-17-1-8-21(9-2-17)41-28(35)19-6-12-23-25(15-19)32(39)43-30(23)37/h1-16H/b14-3+. The number of hydrogen-bond donors (Lipinski definition) is 0. The fourth-order valence-corrected chi connectivity index (χ4v) is 4.36. The van der Waals surface area contributed by atoms with Crippen LogP contribution in [0.3, 0.4) is 0 Å². The van der Waals surface area contributed by atoms with E-state index in [0.717, 1.165) is 0 Å². The summed E-state index contributed by atoms with van der Waals surface area (Å²) in [5.74, 6) is -4.65. The highest BCUT2D eigenvalue weighted by Gasteiger charge is 2.31. The molecular formula is C33H16O11. The summed E-state index contributed by atoms with van der Waals surface area (Å²) in [5.41, 5.74) is 1.21. The third-order valence-corrected chi connectivity index (χ3v) is 6.63. The van der Waals surface area contributed by atoms with Gasteiger partial charge in [-0.1, -0.05) is 18.2 Å². The van der Waals surface area contributed by atoms with Gasteiger partial charge < -0.3 is 18.9 Å². The molecule has 214 valence electrons. The highest BCUT2D eigenvalue weighted by Crippen LogP contribution is 2.24. The average Bonchev–Trinajstić information content (AvgIpc) is 3.48. The minimum Gasteiger partial charge on any atom is -0.423 e. The molecule has 0 atom stereocenters. The molecule has 0 spiro atoms. The molecule has 0 aromatic heterocycles. The molecule has 0 unspecified atom stereocenters. The molecule has 6 rings (SSSR count). The highest BCUT2D eigenvalue weighted by molar-refractivity contribution is 6.16. The van der Waals surface area contributed by atoms with Crippen molar-refractivity contribution in [1.29, 1.82) is 0 Å². The largest absolute Gasteiger partial charge is 0.423 e. The molecule has 11 nitrogen and oxygen atoms in total. The second kappa shape index (κ2) is 11.1. The minimum absolute atomic E-state index is 0.00521. The molecule has 2 aliphatic heterocycles. The normalized spacial score (nSPS) is 13.3. The van der Waals surface area contributed by atoms with E-state index in [1.54, 1.807) is 18.2 Å². The summed E-state index contributed by atoms with van der Waals surface area (Å²) in [4.78, 5) is 84.3. The second-order valence-corrected chi connectivity index (χ2v) is 9.44. The summed E-state index contributed by atoms with van der Waals surface area (Å²) in [6.07, 6.45) is 2.91. The Morgan fingerprint density at radius 2 is 0.909 bits per heavy atom. The number of cyclic esters (lactones) is 4. The lowest BCUT2D eigenvalue weighted by atomic mass is 10.1. The molecule has 0 saturated carbocycles. The predicted octanol–water partition coefficient (Wildman–Crippen LogP) is 4.64. The maximum Gasteiger partial charge on any atom is 0.346 e. The van der Waals surface area contributed by atoms with Crippen LogP contribution in [0.15, 0.2) is 91.0 Å². The van der Waals surface area contributed by atoms with Gasteiger partial charge in [0.15, 0.2) is 5.78 Å². The molecule has 4 aromatic carbocycles. The van der Waals surface area contributed by atoms with Crippen molar-refractivity contribution in [3.63, 3.8) is 0 Å². The summed E-state index contributed by atoms with van der Waals surface area (Å²) >= 11 is 0. The van der Waals surface area contributed by atoms with Gasteiger partial charge in [-0.2, -0.15) is 0 Å². The maximum absolute atomic E-state index is 12.6. The highest BCUT2D eigenvalue weighted by atomic mass is 16.6. The molecule has 0 saturated heterocycles. The van der Waals surface area contributed by atoms with Crippen molar-refractivity contribution >= 4 is 47.7 Å². The van der Waals surface area contributed by atoms with Crippen LogP contribution in [-0.2, 0) is 9.47 Å². The van der Waals surface area contributed by atoms with Gasteiger partial charge in [0.2, 0.25) is 0 Å². The quantitative estimate of drug-likeness (QED) is 0.0974. The third kappa shape index (κ3) is 5.40. The zero-order chi connectivity index (χ0) is 31.0. The number of esters is 6. The van der Waals surface area contributed by atoms with Gasteiger partial charge in [-0.05, 0) is 84.4 Å². The summed E-state index contributed by atoms with van der Waals surface area (Å²) in [6, 6.07) is 19.9. The molecule has 0 fully saturated rings. The van der Waals surface area contributed by atoms with Crippen molar-refractivity contribution < 1.29 is 52.5 Å². The first-order chi connectivity index (χ1) is 21.2. The van der Waals surface area contributed by atoms with E-state index >= 15 is 0 Å². The summed E-state index contributed by atoms with van der Waals surface area (Å²) in [7, 11) is 0. The molecule has 0 N–H and O–H groups in total. The van der Waals surface area contributed by atoms with E-state index < -0.39 is 35.8 Å². The Morgan fingerprint density at radius 3 is 1.39 bits per heavy atom. The lowest BCUT2D eigenvalue weighted by molar-refractivity contribution is 0.0425. The van der Waals surface area contributed by atoms with Crippen LogP contribution in [0, 0.1) is 0 Å². The Hall–Kier alpha value is -6.49. The van der Waals surface area contributed by atoms with Crippen molar-refractivity contribution in [3.8, 4) is 11.5 Å². The van der Waals surface area contributed by atoms with E-state index in [-0.39, 0.29) is 50.7 Å². The van der Waals surface area contributed by atoms with Crippen molar-refractivity contribution in [2.24, 2.45) is 0 Å².